The van der Waals surface area contributed by atoms with Gasteiger partial charge >= 0.3 is 5.97 Å². The Kier molecular flexibility index (Phi) is 6.59. The van der Waals surface area contributed by atoms with Gasteiger partial charge in [-0.05, 0) is 57.4 Å². The molecule has 3 aromatic rings. The summed E-state index contributed by atoms with van der Waals surface area (Å²) in [6.45, 7) is 13.1. The van der Waals surface area contributed by atoms with Gasteiger partial charge in [-0.2, -0.15) is 0 Å². The summed E-state index contributed by atoms with van der Waals surface area (Å²) in [6, 6.07) is 22.4. The zero-order chi connectivity index (χ0) is 23.5. The van der Waals surface area contributed by atoms with Crippen LogP contribution in [0.4, 0.5) is 0 Å². The molecule has 0 unspecified atom stereocenters. The Morgan fingerprint density at radius 3 is 1.75 bits per heavy atom. The van der Waals surface area contributed by atoms with E-state index in [1.54, 1.807) is 6.08 Å². The van der Waals surface area contributed by atoms with E-state index in [2.05, 4.69) is 77.9 Å². The molecular weight excluding hydrogens is 396 g/mol. The normalized spacial score (nSPS) is 12.2. The Bertz CT molecular complexity index is 1110. The first-order valence-electron chi connectivity index (χ1n) is 10.9. The molecule has 0 heterocycles. The molecule has 3 aromatic carbocycles. The van der Waals surface area contributed by atoms with Crippen molar-refractivity contribution in [3.8, 4) is 22.6 Å². The van der Waals surface area contributed by atoms with E-state index in [9.17, 15) is 4.79 Å². The number of carboxylic acids is 1. The van der Waals surface area contributed by atoms with Gasteiger partial charge in [-0.25, -0.2) is 4.79 Å². The smallest absolute Gasteiger partial charge is 0.328 e. The Labute approximate surface area is 191 Å². The highest BCUT2D eigenvalue weighted by Crippen LogP contribution is 2.34. The molecule has 166 valence electrons. The van der Waals surface area contributed by atoms with Crippen LogP contribution in [0.3, 0.4) is 0 Å². The van der Waals surface area contributed by atoms with E-state index in [-0.39, 0.29) is 10.8 Å². The van der Waals surface area contributed by atoms with E-state index < -0.39 is 5.97 Å². The summed E-state index contributed by atoms with van der Waals surface area (Å²) in [6.07, 6.45) is 2.69. The molecule has 1 N–H and O–H groups in total. The lowest BCUT2D eigenvalue weighted by atomic mass is 9.86. The monoisotopic (exact) mass is 428 g/mol. The van der Waals surface area contributed by atoms with Crippen molar-refractivity contribution in [2.45, 2.75) is 52.4 Å². The highest BCUT2D eigenvalue weighted by atomic mass is 16.5. The van der Waals surface area contributed by atoms with Gasteiger partial charge < -0.3 is 9.84 Å². The summed E-state index contributed by atoms with van der Waals surface area (Å²) < 4.78 is 6.21. The maximum atomic E-state index is 11.0. The molecule has 0 atom stereocenters. The maximum Gasteiger partial charge on any atom is 0.328 e. The van der Waals surface area contributed by atoms with Gasteiger partial charge in [-0.1, -0.05) is 90.1 Å². The summed E-state index contributed by atoms with van der Waals surface area (Å²) >= 11 is 0. The third-order valence-corrected chi connectivity index (χ3v) is 5.45. The average molecular weight is 429 g/mol. The minimum absolute atomic E-state index is 0.0625. The second-order valence-corrected chi connectivity index (χ2v) is 10.1. The van der Waals surface area contributed by atoms with Gasteiger partial charge in [0.05, 0.1) is 0 Å². The van der Waals surface area contributed by atoms with Crippen LogP contribution >= 0.6 is 0 Å². The molecule has 0 radical (unpaired) electrons. The third-order valence-electron chi connectivity index (χ3n) is 5.45. The Morgan fingerprint density at radius 2 is 1.25 bits per heavy atom. The first kappa shape index (κ1) is 23.3. The predicted octanol–water partition coefficient (Wildman–Crippen LogP) is 7.84. The molecule has 3 rings (SSSR count). The van der Waals surface area contributed by atoms with E-state index in [1.807, 2.05) is 30.3 Å². The van der Waals surface area contributed by atoms with Gasteiger partial charge in [-0.15, -0.1) is 0 Å². The fourth-order valence-corrected chi connectivity index (χ4v) is 3.41. The lowest BCUT2D eigenvalue weighted by molar-refractivity contribution is -0.131. The van der Waals surface area contributed by atoms with Crippen LogP contribution in [0, 0.1) is 0 Å². The molecule has 0 saturated carbocycles. The van der Waals surface area contributed by atoms with Gasteiger partial charge in [0.2, 0.25) is 0 Å². The number of benzene rings is 3. The van der Waals surface area contributed by atoms with E-state index in [0.29, 0.717) is 17.1 Å². The second kappa shape index (κ2) is 9.04. The van der Waals surface area contributed by atoms with Gasteiger partial charge in [0.15, 0.2) is 0 Å². The molecule has 0 amide bonds. The SMILES string of the molecule is CC(C)(C)c1ccc(Oc2cc(-c3ccc(C(C)(C)C)cc3)ccc2/C=C/C(=O)O)cc1. The van der Waals surface area contributed by atoms with E-state index in [4.69, 9.17) is 9.84 Å². The fraction of sp³-hybridized carbons (Fsp3) is 0.276. The number of carboxylic acid groups (broad SMARTS) is 1. The van der Waals surface area contributed by atoms with Crippen molar-refractivity contribution in [2.24, 2.45) is 0 Å². The molecule has 0 bridgehead atoms. The average Bonchev–Trinajstić information content (AvgIpc) is 2.72. The lowest BCUT2D eigenvalue weighted by Crippen LogP contribution is -2.10. The van der Waals surface area contributed by atoms with Gasteiger partial charge in [0.25, 0.3) is 0 Å². The minimum atomic E-state index is -0.993. The zero-order valence-electron chi connectivity index (χ0n) is 19.8. The highest BCUT2D eigenvalue weighted by Gasteiger charge is 2.15. The molecule has 0 aliphatic carbocycles. The van der Waals surface area contributed by atoms with Crippen molar-refractivity contribution in [2.75, 3.05) is 0 Å². The Hall–Kier alpha value is -3.33. The summed E-state index contributed by atoms with van der Waals surface area (Å²) in [5.74, 6) is 0.332. The van der Waals surface area contributed by atoms with Crippen LogP contribution in [0.5, 0.6) is 11.5 Å². The number of aliphatic carboxylic acids is 1. The molecule has 0 saturated heterocycles. The molecule has 0 aromatic heterocycles. The van der Waals surface area contributed by atoms with E-state index >= 15 is 0 Å². The van der Waals surface area contributed by atoms with Crippen molar-refractivity contribution in [1.29, 1.82) is 0 Å². The van der Waals surface area contributed by atoms with Crippen LogP contribution in [-0.4, -0.2) is 11.1 Å². The summed E-state index contributed by atoms with van der Waals surface area (Å²) in [4.78, 5) is 11.0. The molecule has 0 fully saturated rings. The summed E-state index contributed by atoms with van der Waals surface area (Å²) in [5, 5.41) is 9.06. The zero-order valence-corrected chi connectivity index (χ0v) is 19.8. The number of rotatable bonds is 5. The molecule has 0 aliphatic rings. The molecule has 32 heavy (non-hydrogen) atoms. The van der Waals surface area contributed by atoms with Crippen molar-refractivity contribution in [1.82, 2.24) is 0 Å². The number of hydrogen-bond acceptors (Lipinski definition) is 2. The van der Waals surface area contributed by atoms with Crippen LogP contribution in [0.2, 0.25) is 0 Å². The lowest BCUT2D eigenvalue weighted by Gasteiger charge is -2.20. The molecule has 3 heteroatoms. The quantitative estimate of drug-likeness (QED) is 0.421. The predicted molar refractivity (Wildman–Crippen MR) is 132 cm³/mol. The molecule has 0 spiro atoms. The topological polar surface area (TPSA) is 46.5 Å². The van der Waals surface area contributed by atoms with E-state index in [0.717, 1.165) is 17.2 Å². The number of ether oxygens (including phenoxy) is 1. The van der Waals surface area contributed by atoms with Crippen molar-refractivity contribution >= 4 is 12.0 Å². The van der Waals surface area contributed by atoms with Crippen LogP contribution in [0.15, 0.2) is 72.8 Å². The number of hydrogen-bond donors (Lipinski definition) is 1. The van der Waals surface area contributed by atoms with Crippen LogP contribution in [-0.2, 0) is 15.6 Å². The maximum absolute atomic E-state index is 11.0. The minimum Gasteiger partial charge on any atom is -0.478 e. The van der Waals surface area contributed by atoms with Crippen LogP contribution in [0.25, 0.3) is 17.2 Å². The van der Waals surface area contributed by atoms with Crippen LogP contribution in [0.1, 0.15) is 58.2 Å². The van der Waals surface area contributed by atoms with Crippen molar-refractivity contribution in [3.63, 3.8) is 0 Å². The third kappa shape index (κ3) is 5.88. The van der Waals surface area contributed by atoms with Gasteiger partial charge in [0, 0.05) is 11.6 Å². The van der Waals surface area contributed by atoms with Gasteiger partial charge in [0.1, 0.15) is 11.5 Å². The fourth-order valence-electron chi connectivity index (χ4n) is 3.41. The standard InChI is InChI=1S/C29H32O3/c1-28(2,3)23-12-9-20(10-13-23)22-8-7-21(11-18-27(30)31)26(19-22)32-25-16-14-24(15-17-25)29(4,5)6/h7-19H,1-6H3,(H,30,31)/b18-11+. The first-order valence-corrected chi connectivity index (χ1v) is 10.9. The van der Waals surface area contributed by atoms with E-state index in [1.165, 1.54) is 11.1 Å². The first-order chi connectivity index (χ1) is 14.9. The van der Waals surface area contributed by atoms with Crippen molar-refractivity contribution < 1.29 is 14.6 Å². The van der Waals surface area contributed by atoms with Crippen molar-refractivity contribution in [3.05, 3.63) is 89.5 Å². The second-order valence-electron chi connectivity index (χ2n) is 10.1. The molecular formula is C29H32O3. The van der Waals surface area contributed by atoms with Gasteiger partial charge in [-0.3, -0.25) is 0 Å². The number of carbonyl (C=O) groups is 1. The Balaban J connectivity index is 1.97. The van der Waals surface area contributed by atoms with Crippen LogP contribution < -0.4 is 4.74 Å². The molecule has 3 nitrogen and oxygen atoms in total. The molecule has 0 aliphatic heterocycles. The highest BCUT2D eigenvalue weighted by molar-refractivity contribution is 5.86. The largest absolute Gasteiger partial charge is 0.478 e. The summed E-state index contributed by atoms with van der Waals surface area (Å²) in [7, 11) is 0. The Morgan fingerprint density at radius 1 is 0.750 bits per heavy atom. The summed E-state index contributed by atoms with van der Waals surface area (Å²) in [5.41, 5.74) is 5.47.